The van der Waals surface area contributed by atoms with Crippen molar-refractivity contribution in [2.45, 2.75) is 13.3 Å². The minimum Gasteiger partial charge on any atom is -0.431 e. The van der Waals surface area contributed by atoms with Crippen LogP contribution >= 0.6 is 15.9 Å². The fourth-order valence-electron chi connectivity index (χ4n) is 1.68. The van der Waals surface area contributed by atoms with E-state index in [1.807, 2.05) is 0 Å². The first-order chi connectivity index (χ1) is 9.93. The van der Waals surface area contributed by atoms with Gasteiger partial charge in [-0.3, -0.25) is 10.1 Å². The Balaban J connectivity index is 2.51. The van der Waals surface area contributed by atoms with E-state index in [0.717, 1.165) is 12.1 Å². The largest absolute Gasteiger partial charge is 0.431 e. The van der Waals surface area contributed by atoms with Gasteiger partial charge in [0.1, 0.15) is 18.0 Å². The lowest BCUT2D eigenvalue weighted by Crippen LogP contribution is -2.03. The number of nitro benzene ring substituents is 1. The lowest BCUT2D eigenvalue weighted by Gasteiger charge is -2.10. The highest BCUT2D eigenvalue weighted by Crippen LogP contribution is 2.36. The lowest BCUT2D eigenvalue weighted by atomic mass is 10.2. The van der Waals surface area contributed by atoms with Crippen LogP contribution in [0.1, 0.15) is 12.5 Å². The van der Waals surface area contributed by atoms with Crippen LogP contribution in [0.5, 0.6) is 11.6 Å². The highest BCUT2D eigenvalue weighted by Gasteiger charge is 2.21. The summed E-state index contributed by atoms with van der Waals surface area (Å²) >= 11 is 2.89. The third kappa shape index (κ3) is 3.07. The Morgan fingerprint density at radius 2 is 2.19 bits per heavy atom. The van der Waals surface area contributed by atoms with E-state index in [-0.39, 0.29) is 27.6 Å². The molecule has 0 aliphatic heterocycles. The van der Waals surface area contributed by atoms with E-state index >= 15 is 0 Å². The van der Waals surface area contributed by atoms with E-state index in [1.54, 1.807) is 6.92 Å². The summed E-state index contributed by atoms with van der Waals surface area (Å²) in [6, 6.07) is 1.95. The van der Waals surface area contributed by atoms with Crippen molar-refractivity contribution in [2.75, 3.05) is 5.73 Å². The van der Waals surface area contributed by atoms with Crippen molar-refractivity contribution >= 4 is 27.4 Å². The number of aromatic nitrogens is 2. The molecule has 1 aromatic carbocycles. The van der Waals surface area contributed by atoms with Gasteiger partial charge in [0.05, 0.1) is 15.0 Å². The molecule has 0 spiro atoms. The molecule has 0 saturated carbocycles. The number of halogens is 2. The van der Waals surface area contributed by atoms with E-state index in [9.17, 15) is 14.5 Å². The Morgan fingerprint density at radius 3 is 2.81 bits per heavy atom. The van der Waals surface area contributed by atoms with Crippen LogP contribution in [-0.2, 0) is 6.42 Å². The van der Waals surface area contributed by atoms with Gasteiger partial charge in [0.25, 0.3) is 0 Å². The van der Waals surface area contributed by atoms with Crippen LogP contribution in [0.2, 0.25) is 0 Å². The van der Waals surface area contributed by atoms with E-state index in [2.05, 4.69) is 25.9 Å². The van der Waals surface area contributed by atoms with Crippen molar-refractivity contribution in [3.63, 3.8) is 0 Å². The monoisotopic (exact) mass is 356 g/mol. The van der Waals surface area contributed by atoms with Gasteiger partial charge in [-0.25, -0.2) is 14.4 Å². The van der Waals surface area contributed by atoms with Crippen LogP contribution in [-0.4, -0.2) is 14.9 Å². The highest BCUT2D eigenvalue weighted by molar-refractivity contribution is 9.10. The van der Waals surface area contributed by atoms with Gasteiger partial charge in [-0.1, -0.05) is 6.92 Å². The number of nitrogens with two attached hydrogens (primary N) is 1. The summed E-state index contributed by atoms with van der Waals surface area (Å²) in [5.41, 5.74) is 5.80. The normalized spacial score (nSPS) is 10.4. The van der Waals surface area contributed by atoms with Gasteiger partial charge in [0.15, 0.2) is 0 Å². The molecule has 0 amide bonds. The number of ether oxygens (including phenoxy) is 1. The molecule has 1 heterocycles. The smallest absolute Gasteiger partial charge is 0.312 e. The predicted octanol–water partition coefficient (Wildman–Crippen LogP) is 3.22. The van der Waals surface area contributed by atoms with Gasteiger partial charge in [-0.2, -0.15) is 0 Å². The number of nitrogens with zero attached hydrogens (tertiary/aromatic N) is 3. The lowest BCUT2D eigenvalue weighted by molar-refractivity contribution is -0.385. The molecule has 2 aromatic rings. The minimum absolute atomic E-state index is 0.0283. The quantitative estimate of drug-likeness (QED) is 0.666. The van der Waals surface area contributed by atoms with Crippen LogP contribution in [0.4, 0.5) is 15.9 Å². The zero-order valence-corrected chi connectivity index (χ0v) is 12.4. The van der Waals surface area contributed by atoms with Crippen LogP contribution in [0, 0.1) is 15.9 Å². The van der Waals surface area contributed by atoms with Crippen molar-refractivity contribution in [2.24, 2.45) is 0 Å². The molecule has 9 heteroatoms. The first kappa shape index (κ1) is 15.1. The molecule has 110 valence electrons. The molecule has 21 heavy (non-hydrogen) atoms. The maximum absolute atomic E-state index is 13.6. The molecule has 0 fully saturated rings. The Bertz CT molecular complexity index is 711. The Hall–Kier alpha value is -2.29. The third-order valence-electron chi connectivity index (χ3n) is 2.70. The molecule has 0 atom stereocenters. The summed E-state index contributed by atoms with van der Waals surface area (Å²) in [5, 5.41) is 11.0. The fourth-order valence-corrected chi connectivity index (χ4v) is 2.01. The van der Waals surface area contributed by atoms with Gasteiger partial charge in [0, 0.05) is 12.1 Å². The van der Waals surface area contributed by atoms with Crippen molar-refractivity contribution in [1.82, 2.24) is 9.97 Å². The molecule has 2 rings (SSSR count). The molecule has 0 saturated heterocycles. The molecule has 2 N–H and O–H groups in total. The van der Waals surface area contributed by atoms with Gasteiger partial charge < -0.3 is 10.5 Å². The first-order valence-corrected chi connectivity index (χ1v) is 6.64. The number of nitrogen functional groups attached to an aromatic ring is 1. The summed E-state index contributed by atoms with van der Waals surface area (Å²) in [4.78, 5) is 18.1. The van der Waals surface area contributed by atoms with Gasteiger partial charge in [-0.15, -0.1) is 0 Å². The molecule has 0 bridgehead atoms. The molecular formula is C12H10BrFN4O3. The maximum atomic E-state index is 13.6. The Labute approximate surface area is 127 Å². The zero-order chi connectivity index (χ0) is 15.6. The molecule has 1 aromatic heterocycles. The number of rotatable bonds is 4. The highest BCUT2D eigenvalue weighted by atomic mass is 79.9. The van der Waals surface area contributed by atoms with E-state index in [0.29, 0.717) is 12.0 Å². The second-order valence-corrected chi connectivity index (χ2v) is 4.84. The SMILES string of the molecule is CCc1c(N)ncnc1Oc1cc(F)c(Br)cc1[N+](=O)[O-]. The van der Waals surface area contributed by atoms with Crippen molar-refractivity contribution in [1.29, 1.82) is 0 Å². The van der Waals surface area contributed by atoms with Gasteiger partial charge in [0.2, 0.25) is 11.6 Å². The fraction of sp³-hybridized carbons (Fsp3) is 0.167. The number of hydrogen-bond acceptors (Lipinski definition) is 6. The molecule has 0 unspecified atom stereocenters. The number of benzene rings is 1. The summed E-state index contributed by atoms with van der Waals surface area (Å²) < 4.78 is 18.9. The maximum Gasteiger partial charge on any atom is 0.312 e. The summed E-state index contributed by atoms with van der Waals surface area (Å²) in [6.45, 7) is 1.80. The summed E-state index contributed by atoms with van der Waals surface area (Å²) in [6.07, 6.45) is 1.64. The predicted molar refractivity (Wildman–Crippen MR) is 76.7 cm³/mol. The van der Waals surface area contributed by atoms with E-state index in [1.165, 1.54) is 6.33 Å². The van der Waals surface area contributed by atoms with E-state index in [4.69, 9.17) is 10.5 Å². The summed E-state index contributed by atoms with van der Waals surface area (Å²) in [7, 11) is 0. The van der Waals surface area contributed by atoms with Gasteiger partial charge in [-0.05, 0) is 22.4 Å². The Kier molecular flexibility index (Phi) is 4.32. The van der Waals surface area contributed by atoms with Gasteiger partial charge >= 0.3 is 5.69 Å². The third-order valence-corrected chi connectivity index (χ3v) is 3.31. The summed E-state index contributed by atoms with van der Waals surface area (Å²) in [5.74, 6) is -0.665. The van der Waals surface area contributed by atoms with Crippen LogP contribution in [0.3, 0.4) is 0 Å². The number of anilines is 1. The standard InChI is InChI=1S/C12H10BrFN4O3/c1-2-6-11(15)16-5-17-12(6)21-10-4-8(14)7(13)3-9(10)18(19)20/h3-5H,2H2,1H3,(H2,15,16,17). The number of hydrogen-bond donors (Lipinski definition) is 1. The zero-order valence-electron chi connectivity index (χ0n) is 10.8. The first-order valence-electron chi connectivity index (χ1n) is 5.84. The molecule has 7 nitrogen and oxygen atoms in total. The molecular weight excluding hydrogens is 347 g/mol. The average Bonchev–Trinajstić information content (AvgIpc) is 2.42. The van der Waals surface area contributed by atoms with Crippen molar-refractivity contribution in [3.8, 4) is 11.6 Å². The Morgan fingerprint density at radius 1 is 1.48 bits per heavy atom. The second-order valence-electron chi connectivity index (χ2n) is 3.99. The molecule has 0 aliphatic carbocycles. The second kappa shape index (κ2) is 6.00. The van der Waals surface area contributed by atoms with Crippen molar-refractivity contribution < 1.29 is 14.1 Å². The van der Waals surface area contributed by atoms with Crippen LogP contribution in [0.15, 0.2) is 22.9 Å². The molecule has 0 radical (unpaired) electrons. The average molecular weight is 357 g/mol. The van der Waals surface area contributed by atoms with Crippen molar-refractivity contribution in [3.05, 3.63) is 44.4 Å². The van der Waals surface area contributed by atoms with Crippen LogP contribution in [0.25, 0.3) is 0 Å². The van der Waals surface area contributed by atoms with E-state index < -0.39 is 10.7 Å². The number of nitro groups is 1. The topological polar surface area (TPSA) is 104 Å². The van der Waals surface area contributed by atoms with Crippen LogP contribution < -0.4 is 10.5 Å². The molecule has 0 aliphatic rings. The minimum atomic E-state index is -0.685.